The number of halogens is 2. The van der Waals surface area contributed by atoms with Crippen LogP contribution in [0.4, 0.5) is 10.2 Å². The number of piperazine rings is 1. The number of aromatic nitrogens is 5. The van der Waals surface area contributed by atoms with E-state index in [1.807, 2.05) is 32.6 Å². The fourth-order valence-electron chi connectivity index (χ4n) is 5.95. The van der Waals surface area contributed by atoms with Crippen LogP contribution in [-0.2, 0) is 17.6 Å². The number of anilines is 1. The molecule has 4 heterocycles. The number of aryl methyl sites for hydroxylation is 2. The zero-order valence-corrected chi connectivity index (χ0v) is 25.6. The molecule has 3 aromatic heterocycles. The van der Waals surface area contributed by atoms with Crippen LogP contribution in [-0.4, -0.2) is 60.5 Å². The maximum Gasteiger partial charge on any atom is 0.355 e. The molecule has 11 heteroatoms. The first-order valence-corrected chi connectivity index (χ1v) is 15.0. The molecule has 4 aromatic rings. The van der Waals surface area contributed by atoms with E-state index in [1.165, 1.54) is 23.0 Å². The summed E-state index contributed by atoms with van der Waals surface area (Å²) in [5.74, 6) is -0.227. The molecule has 0 aliphatic carbocycles. The van der Waals surface area contributed by atoms with Gasteiger partial charge in [-0.1, -0.05) is 57.0 Å². The molecule has 43 heavy (non-hydrogen) atoms. The van der Waals surface area contributed by atoms with Crippen molar-refractivity contribution in [3.8, 4) is 16.9 Å². The molecule has 0 radical (unpaired) electrons. The van der Waals surface area contributed by atoms with Gasteiger partial charge in [0.05, 0.1) is 33.2 Å². The summed E-state index contributed by atoms with van der Waals surface area (Å²) in [5.41, 5.74) is 2.14. The van der Waals surface area contributed by atoms with Crippen LogP contribution in [0.5, 0.6) is 0 Å². The van der Waals surface area contributed by atoms with Crippen LogP contribution >= 0.6 is 11.6 Å². The van der Waals surface area contributed by atoms with E-state index in [0.29, 0.717) is 54.2 Å². The number of hydrogen-bond donors (Lipinski definition) is 0. The molecule has 1 saturated heterocycles. The van der Waals surface area contributed by atoms with E-state index in [9.17, 15) is 9.59 Å². The monoisotopic (exact) mass is 603 g/mol. The highest BCUT2D eigenvalue weighted by atomic mass is 35.5. The van der Waals surface area contributed by atoms with E-state index in [2.05, 4.69) is 21.5 Å². The van der Waals surface area contributed by atoms with Gasteiger partial charge in [0, 0.05) is 30.7 Å². The third-order valence-electron chi connectivity index (χ3n) is 7.75. The zero-order valence-electron chi connectivity index (χ0n) is 24.8. The Morgan fingerprint density at radius 2 is 1.70 bits per heavy atom. The average molecular weight is 604 g/mol. The van der Waals surface area contributed by atoms with Crippen LogP contribution in [0.25, 0.3) is 28.0 Å². The Kier molecular flexibility index (Phi) is 8.87. The minimum Gasteiger partial charge on any atom is -0.347 e. The first kappa shape index (κ1) is 30.3. The van der Waals surface area contributed by atoms with Crippen molar-refractivity contribution in [3.05, 3.63) is 82.0 Å². The van der Waals surface area contributed by atoms with Crippen LogP contribution in [0, 0.1) is 5.82 Å². The maximum atomic E-state index is 15.0. The lowest BCUT2D eigenvalue weighted by Crippen LogP contribution is -2.58. The van der Waals surface area contributed by atoms with Crippen molar-refractivity contribution in [2.24, 2.45) is 0 Å². The van der Waals surface area contributed by atoms with Gasteiger partial charge in [-0.05, 0) is 51.0 Å². The van der Waals surface area contributed by atoms with Gasteiger partial charge < -0.3 is 9.80 Å². The highest BCUT2D eigenvalue weighted by molar-refractivity contribution is 6.33. The summed E-state index contributed by atoms with van der Waals surface area (Å²) in [6, 6.07) is 7.60. The standard InChI is InChI=1S/C32H35ClFN7O2/c1-6-11-25-29(26(12-7-2)36-18-35-25)41-30-22(15-23(33)28(37-30)21-13-9-10-14-24(21)34)31(38-32(41)43)40-19(4)16-39(17-20(40)5)27(42)8-3/h8-10,13-15,18-20H,3,6-7,11-12,16-17H2,1-2,4-5H3/t19-,20-/m0/s1. The molecule has 1 amide bonds. The minimum absolute atomic E-state index is 0.151. The van der Waals surface area contributed by atoms with Gasteiger partial charge in [0.2, 0.25) is 5.91 Å². The minimum atomic E-state index is -0.551. The van der Waals surface area contributed by atoms with Crippen LogP contribution in [0.15, 0.2) is 54.1 Å². The second-order valence-electron chi connectivity index (χ2n) is 10.9. The third kappa shape index (κ3) is 5.63. The second kappa shape index (κ2) is 12.6. The molecule has 224 valence electrons. The Labute approximate surface area is 255 Å². The fourth-order valence-corrected chi connectivity index (χ4v) is 6.20. The average Bonchev–Trinajstić information content (AvgIpc) is 2.98. The molecule has 1 aromatic carbocycles. The van der Waals surface area contributed by atoms with Crippen molar-refractivity contribution in [1.29, 1.82) is 0 Å². The van der Waals surface area contributed by atoms with E-state index < -0.39 is 11.5 Å². The summed E-state index contributed by atoms with van der Waals surface area (Å²) < 4.78 is 16.5. The normalized spacial score (nSPS) is 17.0. The van der Waals surface area contributed by atoms with Crippen molar-refractivity contribution in [1.82, 2.24) is 29.4 Å². The highest BCUT2D eigenvalue weighted by Gasteiger charge is 2.34. The molecule has 0 spiro atoms. The highest BCUT2D eigenvalue weighted by Crippen LogP contribution is 2.36. The van der Waals surface area contributed by atoms with Crippen molar-refractivity contribution in [2.75, 3.05) is 18.0 Å². The van der Waals surface area contributed by atoms with Gasteiger partial charge in [0.1, 0.15) is 18.0 Å². The second-order valence-corrected chi connectivity index (χ2v) is 11.3. The number of fused-ring (bicyclic) bond motifs is 1. The van der Waals surface area contributed by atoms with E-state index in [0.717, 1.165) is 12.8 Å². The number of carbonyl (C=O) groups is 1. The van der Waals surface area contributed by atoms with Gasteiger partial charge in [-0.2, -0.15) is 4.98 Å². The third-order valence-corrected chi connectivity index (χ3v) is 8.04. The molecule has 5 rings (SSSR count). The molecule has 0 unspecified atom stereocenters. The molecular weight excluding hydrogens is 569 g/mol. The number of carbonyl (C=O) groups excluding carboxylic acids is 1. The Balaban J connectivity index is 1.84. The van der Waals surface area contributed by atoms with Gasteiger partial charge in [-0.15, -0.1) is 0 Å². The Morgan fingerprint density at radius 3 is 2.28 bits per heavy atom. The summed E-state index contributed by atoms with van der Waals surface area (Å²) in [7, 11) is 0. The Morgan fingerprint density at radius 1 is 1.07 bits per heavy atom. The molecule has 2 atom stereocenters. The Bertz CT molecular complexity index is 1720. The molecule has 0 bridgehead atoms. The smallest absolute Gasteiger partial charge is 0.347 e. The lowest BCUT2D eigenvalue weighted by Gasteiger charge is -2.45. The quantitative estimate of drug-likeness (QED) is 0.244. The number of pyridine rings is 1. The van der Waals surface area contributed by atoms with E-state index in [-0.39, 0.29) is 39.9 Å². The number of rotatable bonds is 8. The lowest BCUT2D eigenvalue weighted by molar-refractivity contribution is -0.127. The number of benzene rings is 1. The summed E-state index contributed by atoms with van der Waals surface area (Å²) >= 11 is 6.83. The lowest BCUT2D eigenvalue weighted by atomic mass is 10.1. The zero-order chi connectivity index (χ0) is 30.8. The van der Waals surface area contributed by atoms with Gasteiger partial charge in [-0.25, -0.2) is 28.7 Å². The van der Waals surface area contributed by atoms with Gasteiger partial charge in [-0.3, -0.25) is 4.79 Å². The van der Waals surface area contributed by atoms with Crippen molar-refractivity contribution in [2.45, 2.75) is 65.5 Å². The topological polar surface area (TPSA) is 97.1 Å². The first-order valence-electron chi connectivity index (χ1n) is 14.6. The van der Waals surface area contributed by atoms with Crippen LogP contribution in [0.1, 0.15) is 51.9 Å². The van der Waals surface area contributed by atoms with Crippen molar-refractivity contribution < 1.29 is 9.18 Å². The van der Waals surface area contributed by atoms with Gasteiger partial charge >= 0.3 is 5.69 Å². The molecule has 9 nitrogen and oxygen atoms in total. The number of hydrogen-bond acceptors (Lipinski definition) is 7. The van der Waals surface area contributed by atoms with E-state index in [1.54, 1.807) is 29.2 Å². The summed E-state index contributed by atoms with van der Waals surface area (Å²) in [4.78, 5) is 49.0. The molecular formula is C32H35ClFN7O2. The Hall–Kier alpha value is -4.18. The molecule has 1 aliphatic rings. The summed E-state index contributed by atoms with van der Waals surface area (Å²) in [6.45, 7) is 12.5. The predicted octanol–water partition coefficient (Wildman–Crippen LogP) is 5.55. The van der Waals surface area contributed by atoms with Gasteiger partial charge in [0.25, 0.3) is 0 Å². The van der Waals surface area contributed by atoms with Crippen molar-refractivity contribution >= 4 is 34.4 Å². The van der Waals surface area contributed by atoms with Crippen LogP contribution < -0.4 is 10.6 Å². The van der Waals surface area contributed by atoms with Gasteiger partial charge in [0.15, 0.2) is 5.65 Å². The fraction of sp³-hybridized carbons (Fsp3) is 0.375. The van der Waals surface area contributed by atoms with E-state index in [4.69, 9.17) is 16.6 Å². The first-order chi connectivity index (χ1) is 20.7. The van der Waals surface area contributed by atoms with Crippen LogP contribution in [0.2, 0.25) is 5.02 Å². The molecule has 1 fully saturated rings. The number of nitrogens with zero attached hydrogens (tertiary/aromatic N) is 7. The number of amides is 1. The molecule has 1 aliphatic heterocycles. The molecule has 0 saturated carbocycles. The SMILES string of the molecule is C=CC(=O)N1C[C@H](C)N(c2nc(=O)n(-c3c(CCC)ncnc3CCC)c3nc(-c4ccccc4F)c(Cl)cc23)[C@@H](C)C1. The van der Waals surface area contributed by atoms with Crippen LogP contribution in [0.3, 0.4) is 0 Å². The molecule has 0 N–H and O–H groups in total. The predicted molar refractivity (Wildman–Crippen MR) is 167 cm³/mol. The van der Waals surface area contributed by atoms with Crippen molar-refractivity contribution in [3.63, 3.8) is 0 Å². The maximum absolute atomic E-state index is 15.0. The largest absolute Gasteiger partial charge is 0.355 e. The summed E-state index contributed by atoms with van der Waals surface area (Å²) in [5, 5.41) is 0.749. The van der Waals surface area contributed by atoms with E-state index >= 15 is 4.39 Å². The summed E-state index contributed by atoms with van der Waals surface area (Å²) in [6.07, 6.45) is 5.67.